The molecule has 2 rings (SSSR count). The lowest BCUT2D eigenvalue weighted by Crippen LogP contribution is -2.42. The van der Waals surface area contributed by atoms with Gasteiger partial charge in [0, 0.05) is 31.2 Å². The molecule has 6 nitrogen and oxygen atoms in total. The maximum Gasteiger partial charge on any atom is 0.254 e. The zero-order valence-corrected chi connectivity index (χ0v) is 14.8. The lowest BCUT2D eigenvalue weighted by Gasteiger charge is -2.28. The number of carbonyl (C=O) groups is 1. The topological polar surface area (TPSA) is 78.5 Å². The van der Waals surface area contributed by atoms with E-state index in [1.807, 2.05) is 11.8 Å². The number of carbonyl (C=O) groups excluding carboxylic acids is 1. The van der Waals surface area contributed by atoms with Gasteiger partial charge in [0.25, 0.3) is 5.91 Å². The third-order valence-corrected chi connectivity index (χ3v) is 5.47. The van der Waals surface area contributed by atoms with Crippen molar-refractivity contribution in [1.29, 1.82) is 0 Å². The molecule has 1 atom stereocenters. The molecule has 0 radical (unpaired) electrons. The summed E-state index contributed by atoms with van der Waals surface area (Å²) in [6.07, 6.45) is 3.32. The van der Waals surface area contributed by atoms with Crippen LogP contribution in [0.5, 0.6) is 0 Å². The van der Waals surface area contributed by atoms with Crippen LogP contribution in [0.4, 0.5) is 0 Å². The summed E-state index contributed by atoms with van der Waals surface area (Å²) in [5.41, 5.74) is 0.512. The average molecular weight is 351 g/mol. The van der Waals surface area contributed by atoms with Gasteiger partial charge in [0.15, 0.2) is 0 Å². The van der Waals surface area contributed by atoms with E-state index >= 15 is 0 Å². The highest BCUT2D eigenvalue weighted by Gasteiger charge is 2.26. The quantitative estimate of drug-likeness (QED) is 0.693. The Bertz CT molecular complexity index is 665. The predicted octanol–water partition coefficient (Wildman–Crippen LogP) is 1.36. The molecule has 132 valence electrons. The van der Waals surface area contributed by atoms with Gasteiger partial charge in [-0.25, -0.2) is 13.1 Å². The Hall–Kier alpha value is -1.70. The first-order chi connectivity index (χ1) is 11.5. The fourth-order valence-electron chi connectivity index (χ4n) is 2.79. The van der Waals surface area contributed by atoms with Crippen LogP contribution in [0.15, 0.2) is 41.8 Å². The van der Waals surface area contributed by atoms with E-state index in [1.165, 1.54) is 18.2 Å². The molecule has 0 bridgehead atoms. The normalized spacial score (nSPS) is 17.6. The summed E-state index contributed by atoms with van der Waals surface area (Å²) in [7, 11) is -3.57. The van der Waals surface area contributed by atoms with Crippen molar-refractivity contribution >= 4 is 15.9 Å². The summed E-state index contributed by atoms with van der Waals surface area (Å²) in [4.78, 5) is 14.8. The molecule has 0 spiro atoms. The van der Waals surface area contributed by atoms with Gasteiger partial charge in [-0.05, 0) is 43.7 Å². The van der Waals surface area contributed by atoms with Crippen LogP contribution in [-0.2, 0) is 10.0 Å². The van der Waals surface area contributed by atoms with Crippen LogP contribution < -0.4 is 10.0 Å². The Morgan fingerprint density at radius 3 is 2.67 bits per heavy atom. The second-order valence-corrected chi connectivity index (χ2v) is 7.58. The molecule has 7 heteroatoms. The Kier molecular flexibility index (Phi) is 6.53. The van der Waals surface area contributed by atoms with E-state index in [1.54, 1.807) is 12.1 Å². The molecule has 1 unspecified atom stereocenters. The first kappa shape index (κ1) is 18.6. The minimum atomic E-state index is -3.57. The molecule has 1 heterocycles. The SMILES string of the molecule is C=CCNS(=O)(=O)c1ccc(C(=O)N(CCC)C2CCNC2)cc1. The van der Waals surface area contributed by atoms with Gasteiger partial charge in [-0.15, -0.1) is 6.58 Å². The molecular formula is C17H25N3O3S. The maximum absolute atomic E-state index is 12.8. The van der Waals surface area contributed by atoms with Crippen LogP contribution in [0, 0.1) is 0 Å². The van der Waals surface area contributed by atoms with Gasteiger partial charge in [0.2, 0.25) is 10.0 Å². The number of amides is 1. The van der Waals surface area contributed by atoms with Crippen LogP contribution in [0.3, 0.4) is 0 Å². The molecule has 1 aromatic carbocycles. The van der Waals surface area contributed by atoms with Crippen molar-refractivity contribution in [2.45, 2.75) is 30.7 Å². The van der Waals surface area contributed by atoms with Crippen molar-refractivity contribution in [3.05, 3.63) is 42.5 Å². The van der Waals surface area contributed by atoms with Crippen molar-refractivity contribution in [1.82, 2.24) is 14.9 Å². The summed E-state index contributed by atoms with van der Waals surface area (Å²) >= 11 is 0. The Morgan fingerprint density at radius 1 is 1.42 bits per heavy atom. The molecule has 1 aliphatic rings. The molecule has 1 aliphatic heterocycles. The van der Waals surface area contributed by atoms with Crippen LogP contribution in [-0.4, -0.2) is 51.4 Å². The van der Waals surface area contributed by atoms with Gasteiger partial charge in [0.1, 0.15) is 0 Å². The Labute approximate surface area is 144 Å². The summed E-state index contributed by atoms with van der Waals surface area (Å²) in [6, 6.07) is 6.30. The number of hydrogen-bond donors (Lipinski definition) is 2. The van der Waals surface area contributed by atoms with Gasteiger partial charge in [-0.2, -0.15) is 0 Å². The summed E-state index contributed by atoms with van der Waals surface area (Å²) in [5.74, 6) is -0.0476. The molecule has 24 heavy (non-hydrogen) atoms. The second-order valence-electron chi connectivity index (χ2n) is 5.81. The highest BCUT2D eigenvalue weighted by molar-refractivity contribution is 7.89. The highest BCUT2D eigenvalue weighted by atomic mass is 32.2. The van der Waals surface area contributed by atoms with Crippen molar-refractivity contribution < 1.29 is 13.2 Å². The third kappa shape index (κ3) is 4.43. The van der Waals surface area contributed by atoms with Crippen molar-refractivity contribution in [3.63, 3.8) is 0 Å². The summed E-state index contributed by atoms with van der Waals surface area (Å²) in [6.45, 7) is 8.13. The standard InChI is InChI=1S/C17H25N3O3S/c1-3-10-19-24(22,23)16-7-5-14(6-8-16)17(21)20(12-4-2)15-9-11-18-13-15/h3,5-8,15,18-19H,1,4,9-13H2,2H3. The smallest absolute Gasteiger partial charge is 0.254 e. The van der Waals surface area contributed by atoms with Gasteiger partial charge in [0.05, 0.1) is 4.90 Å². The number of benzene rings is 1. The number of sulfonamides is 1. The van der Waals surface area contributed by atoms with Crippen molar-refractivity contribution in [3.8, 4) is 0 Å². The van der Waals surface area contributed by atoms with Gasteiger partial charge in [-0.3, -0.25) is 4.79 Å². The Balaban J connectivity index is 2.16. The molecule has 1 aromatic rings. The first-order valence-electron chi connectivity index (χ1n) is 8.22. The van der Waals surface area contributed by atoms with Crippen LogP contribution in [0.1, 0.15) is 30.1 Å². The van der Waals surface area contributed by atoms with Crippen molar-refractivity contribution in [2.75, 3.05) is 26.2 Å². The van der Waals surface area contributed by atoms with E-state index in [2.05, 4.69) is 16.6 Å². The van der Waals surface area contributed by atoms with Gasteiger partial charge < -0.3 is 10.2 Å². The average Bonchev–Trinajstić information content (AvgIpc) is 3.11. The molecule has 1 saturated heterocycles. The lowest BCUT2D eigenvalue weighted by molar-refractivity contribution is 0.0692. The fraction of sp³-hybridized carbons (Fsp3) is 0.471. The minimum Gasteiger partial charge on any atom is -0.334 e. The van der Waals surface area contributed by atoms with Crippen molar-refractivity contribution in [2.24, 2.45) is 0 Å². The minimum absolute atomic E-state index is 0.0476. The largest absolute Gasteiger partial charge is 0.334 e. The first-order valence-corrected chi connectivity index (χ1v) is 9.70. The summed E-state index contributed by atoms with van der Waals surface area (Å²) in [5, 5.41) is 3.28. The maximum atomic E-state index is 12.8. The van der Waals surface area contributed by atoms with E-state index in [0.29, 0.717) is 12.1 Å². The number of nitrogens with one attached hydrogen (secondary N) is 2. The van der Waals surface area contributed by atoms with E-state index in [9.17, 15) is 13.2 Å². The highest BCUT2D eigenvalue weighted by Crippen LogP contribution is 2.16. The number of rotatable bonds is 8. The molecule has 1 amide bonds. The summed E-state index contributed by atoms with van der Waals surface area (Å²) < 4.78 is 26.5. The van der Waals surface area contributed by atoms with E-state index in [4.69, 9.17) is 0 Å². The molecule has 0 aromatic heterocycles. The molecular weight excluding hydrogens is 326 g/mol. The van der Waals surface area contributed by atoms with Crippen LogP contribution >= 0.6 is 0 Å². The molecule has 0 saturated carbocycles. The number of nitrogens with zero attached hydrogens (tertiary/aromatic N) is 1. The van der Waals surface area contributed by atoms with Crippen LogP contribution in [0.25, 0.3) is 0 Å². The van der Waals surface area contributed by atoms with E-state index in [-0.39, 0.29) is 23.4 Å². The monoisotopic (exact) mass is 351 g/mol. The molecule has 1 fully saturated rings. The zero-order valence-electron chi connectivity index (χ0n) is 14.0. The van der Waals surface area contributed by atoms with E-state index in [0.717, 1.165) is 25.9 Å². The third-order valence-electron chi connectivity index (χ3n) is 4.03. The fourth-order valence-corrected chi connectivity index (χ4v) is 3.79. The lowest BCUT2D eigenvalue weighted by atomic mass is 10.1. The van der Waals surface area contributed by atoms with Gasteiger partial charge in [-0.1, -0.05) is 13.0 Å². The van der Waals surface area contributed by atoms with Gasteiger partial charge >= 0.3 is 0 Å². The predicted molar refractivity (Wildman–Crippen MR) is 94.4 cm³/mol. The Morgan fingerprint density at radius 2 is 2.12 bits per heavy atom. The molecule has 2 N–H and O–H groups in total. The van der Waals surface area contributed by atoms with E-state index < -0.39 is 10.0 Å². The second kappa shape index (κ2) is 8.41. The zero-order chi connectivity index (χ0) is 17.6. The van der Waals surface area contributed by atoms with Crippen LogP contribution in [0.2, 0.25) is 0 Å². The number of hydrogen-bond acceptors (Lipinski definition) is 4. The molecule has 0 aliphatic carbocycles.